The molecule has 0 fully saturated rings. The average Bonchev–Trinajstić information content (AvgIpc) is 2.18. The minimum atomic E-state index is -3.49. The van der Waals surface area contributed by atoms with E-state index < -0.39 is 15.8 Å². The summed E-state index contributed by atoms with van der Waals surface area (Å²) in [4.78, 5) is 0. The van der Waals surface area contributed by atoms with E-state index in [0.29, 0.717) is 4.47 Å². The fourth-order valence-corrected chi connectivity index (χ4v) is 2.33. The first-order valence-corrected chi connectivity index (χ1v) is 7.46. The van der Waals surface area contributed by atoms with Crippen LogP contribution in [0.3, 0.4) is 0 Å². The number of hydrogen-bond acceptors (Lipinski definition) is 3. The molecule has 0 radical (unpaired) electrons. The Morgan fingerprint density at radius 2 is 2.12 bits per heavy atom. The number of halogens is 3. The van der Waals surface area contributed by atoms with Crippen molar-refractivity contribution in [3.63, 3.8) is 0 Å². The van der Waals surface area contributed by atoms with E-state index in [9.17, 15) is 12.8 Å². The molecule has 0 heterocycles. The number of primary sulfonamides is 1. The van der Waals surface area contributed by atoms with Crippen LogP contribution in [0.15, 0.2) is 16.6 Å². The smallest absolute Gasteiger partial charge is 0.209 e. The van der Waals surface area contributed by atoms with Gasteiger partial charge < -0.3 is 4.74 Å². The summed E-state index contributed by atoms with van der Waals surface area (Å²) >= 11 is 8.70. The van der Waals surface area contributed by atoms with E-state index in [0.717, 1.165) is 6.07 Å². The summed E-state index contributed by atoms with van der Waals surface area (Å²) in [7, 11) is -3.49. The van der Waals surface area contributed by atoms with Gasteiger partial charge >= 0.3 is 0 Å². The van der Waals surface area contributed by atoms with Crippen molar-refractivity contribution in [1.29, 1.82) is 0 Å². The average molecular weight is 347 g/mol. The van der Waals surface area contributed by atoms with Crippen molar-refractivity contribution in [3.8, 4) is 5.75 Å². The third-order valence-corrected chi connectivity index (χ3v) is 3.57. The molecular formula is C9H10BrClFNO3S. The lowest BCUT2D eigenvalue weighted by Crippen LogP contribution is -2.18. The molecule has 0 bridgehead atoms. The highest BCUT2D eigenvalue weighted by Gasteiger charge is 2.08. The summed E-state index contributed by atoms with van der Waals surface area (Å²) in [6.45, 7) is 0.121. The van der Waals surface area contributed by atoms with Crippen LogP contribution >= 0.6 is 27.5 Å². The first-order chi connectivity index (χ1) is 7.79. The van der Waals surface area contributed by atoms with Gasteiger partial charge in [0.05, 0.1) is 21.9 Å². The van der Waals surface area contributed by atoms with Gasteiger partial charge in [0.25, 0.3) is 0 Å². The lowest BCUT2D eigenvalue weighted by molar-refractivity contribution is 0.314. The van der Waals surface area contributed by atoms with E-state index in [1.54, 1.807) is 0 Å². The van der Waals surface area contributed by atoms with Gasteiger partial charge in [0, 0.05) is 6.07 Å². The third-order valence-electron chi connectivity index (χ3n) is 1.81. The third kappa shape index (κ3) is 5.20. The first-order valence-electron chi connectivity index (χ1n) is 4.57. The highest BCUT2D eigenvalue weighted by Crippen LogP contribution is 2.30. The summed E-state index contributed by atoms with van der Waals surface area (Å²) < 4.78 is 40.1. The van der Waals surface area contributed by atoms with Crippen molar-refractivity contribution in [1.82, 2.24) is 0 Å². The number of rotatable bonds is 5. The van der Waals surface area contributed by atoms with Gasteiger partial charge in [-0.3, -0.25) is 0 Å². The summed E-state index contributed by atoms with van der Waals surface area (Å²) in [6, 6.07) is 2.50. The quantitative estimate of drug-likeness (QED) is 0.657. The fourth-order valence-electron chi connectivity index (χ4n) is 1.06. The molecule has 0 unspecified atom stereocenters. The van der Waals surface area contributed by atoms with Gasteiger partial charge in [-0.25, -0.2) is 17.9 Å². The molecule has 4 nitrogen and oxygen atoms in total. The van der Waals surface area contributed by atoms with Gasteiger partial charge in [-0.2, -0.15) is 0 Å². The zero-order valence-corrected chi connectivity index (χ0v) is 11.8. The van der Waals surface area contributed by atoms with Crippen molar-refractivity contribution in [2.45, 2.75) is 6.42 Å². The Hall–Kier alpha value is -0.370. The number of sulfonamides is 1. The number of nitrogens with two attached hydrogens (primary N) is 1. The van der Waals surface area contributed by atoms with Crippen molar-refractivity contribution >= 4 is 37.6 Å². The summed E-state index contributed by atoms with van der Waals surface area (Å²) in [5, 5.41) is 4.80. The van der Waals surface area contributed by atoms with E-state index in [1.807, 2.05) is 0 Å². The molecule has 1 aromatic carbocycles. The van der Waals surface area contributed by atoms with Crippen LogP contribution < -0.4 is 9.88 Å². The van der Waals surface area contributed by atoms with E-state index in [1.165, 1.54) is 6.07 Å². The van der Waals surface area contributed by atoms with E-state index in [-0.39, 0.29) is 29.6 Å². The summed E-state index contributed by atoms with van der Waals surface area (Å²) in [6.07, 6.45) is 0.232. The molecule has 8 heteroatoms. The van der Waals surface area contributed by atoms with Gasteiger partial charge in [0.2, 0.25) is 10.0 Å². The molecule has 0 spiro atoms. The molecular weight excluding hydrogens is 337 g/mol. The molecule has 96 valence electrons. The number of benzene rings is 1. The van der Waals surface area contributed by atoms with E-state index >= 15 is 0 Å². The Kier molecular flexibility index (Phi) is 5.18. The molecule has 0 aliphatic rings. The van der Waals surface area contributed by atoms with Crippen molar-refractivity contribution in [3.05, 3.63) is 27.4 Å². The first kappa shape index (κ1) is 14.7. The largest absolute Gasteiger partial charge is 0.492 e. The molecule has 0 saturated carbocycles. The second-order valence-corrected chi connectivity index (χ2v) is 6.26. The molecule has 0 aliphatic carbocycles. The molecule has 2 N–H and O–H groups in total. The maximum Gasteiger partial charge on any atom is 0.209 e. The second-order valence-electron chi connectivity index (χ2n) is 3.27. The van der Waals surface area contributed by atoms with Crippen molar-refractivity contribution in [2.24, 2.45) is 5.14 Å². The number of ether oxygens (including phenoxy) is 1. The molecule has 1 rings (SSSR count). The maximum atomic E-state index is 13.1. The zero-order chi connectivity index (χ0) is 13.1. The SMILES string of the molecule is NS(=O)(=O)CCCOc1cc(F)c(Cl)cc1Br. The predicted molar refractivity (Wildman–Crippen MR) is 67.2 cm³/mol. The molecule has 0 aliphatic heterocycles. The predicted octanol–water partition coefficient (Wildman–Crippen LogP) is 2.30. The van der Waals surface area contributed by atoms with Crippen LogP contribution in [0.4, 0.5) is 4.39 Å². The minimum absolute atomic E-state index is 0.0197. The Morgan fingerprint density at radius 1 is 1.47 bits per heavy atom. The zero-order valence-electron chi connectivity index (χ0n) is 8.62. The Bertz CT molecular complexity index is 509. The maximum absolute atomic E-state index is 13.1. The molecule has 0 amide bonds. The molecule has 0 aromatic heterocycles. The van der Waals surface area contributed by atoms with Gasteiger partial charge in [-0.05, 0) is 28.4 Å². The molecule has 0 atom stereocenters. The normalized spacial score (nSPS) is 11.5. The minimum Gasteiger partial charge on any atom is -0.492 e. The lowest BCUT2D eigenvalue weighted by Gasteiger charge is -2.08. The van der Waals surface area contributed by atoms with E-state index in [2.05, 4.69) is 15.9 Å². The highest BCUT2D eigenvalue weighted by atomic mass is 79.9. The van der Waals surface area contributed by atoms with Crippen LogP contribution in [0.5, 0.6) is 5.75 Å². The standard InChI is InChI=1S/C9H10BrClFNO3S/c10-6-4-7(11)8(12)5-9(6)16-2-1-3-17(13,14)15/h4-5H,1-3H2,(H2,13,14,15). The van der Waals surface area contributed by atoms with Crippen LogP contribution in [0, 0.1) is 5.82 Å². The van der Waals surface area contributed by atoms with Crippen molar-refractivity contribution in [2.75, 3.05) is 12.4 Å². The van der Waals surface area contributed by atoms with Gasteiger partial charge in [-0.1, -0.05) is 11.6 Å². The van der Waals surface area contributed by atoms with Crippen LogP contribution in [0.1, 0.15) is 6.42 Å². The van der Waals surface area contributed by atoms with E-state index in [4.69, 9.17) is 21.5 Å². The Balaban J connectivity index is 2.55. The number of hydrogen-bond donors (Lipinski definition) is 1. The Labute approximate surface area is 112 Å². The topological polar surface area (TPSA) is 69.4 Å². The lowest BCUT2D eigenvalue weighted by atomic mass is 10.3. The van der Waals surface area contributed by atoms with Crippen LogP contribution in [-0.4, -0.2) is 20.8 Å². The molecule has 0 saturated heterocycles. The monoisotopic (exact) mass is 345 g/mol. The van der Waals surface area contributed by atoms with Gasteiger partial charge in [0.1, 0.15) is 11.6 Å². The second kappa shape index (κ2) is 5.99. The summed E-state index contributed by atoms with van der Waals surface area (Å²) in [5.41, 5.74) is 0. The van der Waals surface area contributed by atoms with Gasteiger partial charge in [0.15, 0.2) is 0 Å². The molecule has 1 aromatic rings. The fraction of sp³-hybridized carbons (Fsp3) is 0.333. The van der Waals surface area contributed by atoms with Crippen LogP contribution in [0.2, 0.25) is 5.02 Å². The molecule has 17 heavy (non-hydrogen) atoms. The highest BCUT2D eigenvalue weighted by molar-refractivity contribution is 9.10. The van der Waals surface area contributed by atoms with Crippen molar-refractivity contribution < 1.29 is 17.5 Å². The van der Waals surface area contributed by atoms with Crippen LogP contribution in [0.25, 0.3) is 0 Å². The summed E-state index contributed by atoms with van der Waals surface area (Å²) in [5.74, 6) is -0.515. The van der Waals surface area contributed by atoms with Crippen LogP contribution in [-0.2, 0) is 10.0 Å². The Morgan fingerprint density at radius 3 is 2.71 bits per heavy atom. The van der Waals surface area contributed by atoms with Gasteiger partial charge in [-0.15, -0.1) is 0 Å².